The van der Waals surface area contributed by atoms with E-state index in [0.29, 0.717) is 0 Å². The van der Waals surface area contributed by atoms with E-state index >= 15 is 0 Å². The molecule has 0 aliphatic carbocycles. The molecule has 0 aromatic carbocycles. The maximum atomic E-state index is 2.57. The van der Waals surface area contributed by atoms with Crippen LogP contribution in [0.3, 0.4) is 0 Å². The lowest BCUT2D eigenvalue weighted by Crippen LogP contribution is -2.46. The lowest BCUT2D eigenvalue weighted by atomic mass is 10.1. The Hall–Kier alpha value is -0.0800. The van der Waals surface area contributed by atoms with Crippen LogP contribution in [0.4, 0.5) is 0 Å². The molecule has 1 heterocycles. The lowest BCUT2D eigenvalue weighted by Gasteiger charge is -2.37. The monoisotopic (exact) mass is 184 g/mol. The standard InChI is InChI=1S/C11H24N2/c1-3-8-12(9-4-2)13-10-6-5-7-11-13/h3-11H2,1-2H3. The maximum Gasteiger partial charge on any atom is 0.0133 e. The summed E-state index contributed by atoms with van der Waals surface area (Å²) in [5, 5.41) is 5.12. The summed E-state index contributed by atoms with van der Waals surface area (Å²) in [5.41, 5.74) is 0. The summed E-state index contributed by atoms with van der Waals surface area (Å²) in [6.07, 6.45) is 6.77. The number of hydrogen-bond acceptors (Lipinski definition) is 2. The molecule has 1 aliphatic heterocycles. The van der Waals surface area contributed by atoms with E-state index in [2.05, 4.69) is 23.9 Å². The second-order valence-electron chi connectivity index (χ2n) is 3.97. The Morgan fingerprint density at radius 3 is 1.92 bits per heavy atom. The molecule has 0 atom stereocenters. The van der Waals surface area contributed by atoms with Crippen LogP contribution in [-0.4, -0.2) is 36.2 Å². The maximum absolute atomic E-state index is 2.57. The third-order valence-electron chi connectivity index (χ3n) is 2.70. The van der Waals surface area contributed by atoms with Gasteiger partial charge in [-0.2, -0.15) is 0 Å². The van der Waals surface area contributed by atoms with Crippen LogP contribution < -0.4 is 0 Å². The van der Waals surface area contributed by atoms with Gasteiger partial charge in [-0.05, 0) is 25.7 Å². The van der Waals surface area contributed by atoms with E-state index in [1.54, 1.807) is 0 Å². The normalized spacial score (nSPS) is 19.6. The van der Waals surface area contributed by atoms with Crippen molar-refractivity contribution in [2.24, 2.45) is 0 Å². The second kappa shape index (κ2) is 6.39. The summed E-state index contributed by atoms with van der Waals surface area (Å²) >= 11 is 0. The van der Waals surface area contributed by atoms with Crippen LogP contribution in [0, 0.1) is 0 Å². The Labute approximate surface area is 82.9 Å². The Morgan fingerprint density at radius 1 is 0.923 bits per heavy atom. The van der Waals surface area contributed by atoms with Gasteiger partial charge in [-0.25, -0.2) is 10.0 Å². The molecule has 13 heavy (non-hydrogen) atoms. The molecule has 1 aliphatic rings. The molecular formula is C11H24N2. The van der Waals surface area contributed by atoms with Crippen LogP contribution in [0.15, 0.2) is 0 Å². The van der Waals surface area contributed by atoms with Gasteiger partial charge in [-0.15, -0.1) is 0 Å². The van der Waals surface area contributed by atoms with Crippen molar-refractivity contribution in [2.75, 3.05) is 26.2 Å². The summed E-state index contributed by atoms with van der Waals surface area (Å²) in [6.45, 7) is 9.61. The Balaban J connectivity index is 2.32. The van der Waals surface area contributed by atoms with Crippen LogP contribution in [0.1, 0.15) is 46.0 Å². The average Bonchev–Trinajstić information content (AvgIpc) is 2.19. The first kappa shape index (κ1) is 11.0. The third kappa shape index (κ3) is 3.65. The topological polar surface area (TPSA) is 6.48 Å². The number of hydrazine groups is 1. The van der Waals surface area contributed by atoms with E-state index in [0.717, 1.165) is 0 Å². The Bertz CT molecular complexity index is 113. The predicted octanol–water partition coefficient (Wildman–Crippen LogP) is 2.51. The highest BCUT2D eigenvalue weighted by molar-refractivity contribution is 4.63. The largest absolute Gasteiger partial charge is 0.242 e. The predicted molar refractivity (Wildman–Crippen MR) is 57.6 cm³/mol. The summed E-state index contributed by atoms with van der Waals surface area (Å²) in [6, 6.07) is 0. The fourth-order valence-electron chi connectivity index (χ4n) is 2.07. The molecule has 0 amide bonds. The molecule has 0 aromatic rings. The van der Waals surface area contributed by atoms with Crippen molar-refractivity contribution in [2.45, 2.75) is 46.0 Å². The van der Waals surface area contributed by atoms with Crippen molar-refractivity contribution >= 4 is 0 Å². The van der Waals surface area contributed by atoms with E-state index in [1.807, 2.05) is 0 Å². The Kier molecular flexibility index (Phi) is 5.40. The quantitative estimate of drug-likeness (QED) is 0.648. The molecule has 2 nitrogen and oxygen atoms in total. The van der Waals surface area contributed by atoms with Gasteiger partial charge in [0.1, 0.15) is 0 Å². The zero-order valence-corrected chi connectivity index (χ0v) is 9.26. The van der Waals surface area contributed by atoms with Gasteiger partial charge in [0.25, 0.3) is 0 Å². The minimum absolute atomic E-state index is 1.24. The van der Waals surface area contributed by atoms with E-state index < -0.39 is 0 Å². The molecule has 1 fully saturated rings. The minimum Gasteiger partial charge on any atom is -0.242 e. The minimum atomic E-state index is 1.24. The molecule has 0 N–H and O–H groups in total. The Morgan fingerprint density at radius 2 is 1.46 bits per heavy atom. The van der Waals surface area contributed by atoms with E-state index in [1.165, 1.54) is 58.3 Å². The molecule has 0 radical (unpaired) electrons. The van der Waals surface area contributed by atoms with Crippen LogP contribution in [0.25, 0.3) is 0 Å². The molecule has 0 saturated carbocycles. The van der Waals surface area contributed by atoms with Gasteiger partial charge in [0.15, 0.2) is 0 Å². The van der Waals surface area contributed by atoms with Crippen LogP contribution >= 0.6 is 0 Å². The van der Waals surface area contributed by atoms with Crippen LogP contribution in [0.2, 0.25) is 0 Å². The van der Waals surface area contributed by atoms with Gasteiger partial charge in [-0.1, -0.05) is 20.3 Å². The summed E-state index contributed by atoms with van der Waals surface area (Å²) in [4.78, 5) is 0. The highest BCUT2D eigenvalue weighted by atomic mass is 15.6. The van der Waals surface area contributed by atoms with Crippen molar-refractivity contribution in [3.8, 4) is 0 Å². The van der Waals surface area contributed by atoms with Gasteiger partial charge < -0.3 is 0 Å². The van der Waals surface area contributed by atoms with Crippen LogP contribution in [0.5, 0.6) is 0 Å². The van der Waals surface area contributed by atoms with Gasteiger partial charge in [0.2, 0.25) is 0 Å². The zero-order valence-electron chi connectivity index (χ0n) is 9.26. The highest BCUT2D eigenvalue weighted by Gasteiger charge is 2.15. The summed E-state index contributed by atoms with van der Waals surface area (Å²) in [7, 11) is 0. The first-order valence-corrected chi connectivity index (χ1v) is 5.88. The van der Waals surface area contributed by atoms with Gasteiger partial charge in [0, 0.05) is 26.2 Å². The molecule has 1 saturated heterocycles. The SMILES string of the molecule is CCCN(CCC)N1CCCCC1. The molecule has 78 valence electrons. The molecule has 2 heteroatoms. The average molecular weight is 184 g/mol. The van der Waals surface area contributed by atoms with E-state index in [4.69, 9.17) is 0 Å². The molecule has 0 aromatic heterocycles. The molecule has 0 unspecified atom stereocenters. The fraction of sp³-hybridized carbons (Fsp3) is 1.00. The molecule has 0 bridgehead atoms. The van der Waals surface area contributed by atoms with Crippen molar-refractivity contribution in [1.82, 2.24) is 10.0 Å². The number of hydrogen-bond donors (Lipinski definition) is 0. The van der Waals surface area contributed by atoms with Crippen molar-refractivity contribution in [1.29, 1.82) is 0 Å². The second-order valence-corrected chi connectivity index (χ2v) is 3.97. The molecule has 1 rings (SSSR count). The number of rotatable bonds is 5. The van der Waals surface area contributed by atoms with Gasteiger partial charge in [0.05, 0.1) is 0 Å². The lowest BCUT2D eigenvalue weighted by molar-refractivity contribution is -0.0392. The fourth-order valence-corrected chi connectivity index (χ4v) is 2.07. The molecule has 0 spiro atoms. The smallest absolute Gasteiger partial charge is 0.0133 e. The van der Waals surface area contributed by atoms with Gasteiger partial charge >= 0.3 is 0 Å². The highest BCUT2D eigenvalue weighted by Crippen LogP contribution is 2.12. The van der Waals surface area contributed by atoms with Crippen molar-refractivity contribution in [3.05, 3.63) is 0 Å². The number of nitrogens with zero attached hydrogens (tertiary/aromatic N) is 2. The summed E-state index contributed by atoms with van der Waals surface area (Å²) < 4.78 is 0. The first-order valence-electron chi connectivity index (χ1n) is 5.88. The van der Waals surface area contributed by atoms with Gasteiger partial charge in [-0.3, -0.25) is 0 Å². The van der Waals surface area contributed by atoms with Crippen molar-refractivity contribution in [3.63, 3.8) is 0 Å². The van der Waals surface area contributed by atoms with E-state index in [9.17, 15) is 0 Å². The third-order valence-corrected chi connectivity index (χ3v) is 2.70. The summed E-state index contributed by atoms with van der Waals surface area (Å²) in [5.74, 6) is 0. The number of piperidine rings is 1. The zero-order chi connectivity index (χ0) is 9.52. The first-order chi connectivity index (χ1) is 6.38. The molecular weight excluding hydrogens is 160 g/mol. The van der Waals surface area contributed by atoms with Crippen molar-refractivity contribution < 1.29 is 0 Å². The van der Waals surface area contributed by atoms with E-state index in [-0.39, 0.29) is 0 Å². The van der Waals surface area contributed by atoms with Crippen LogP contribution in [-0.2, 0) is 0 Å².